The smallest absolute Gasteiger partial charge is 0.266 e. The van der Waals surface area contributed by atoms with Crippen LogP contribution >= 0.6 is 11.6 Å². The highest BCUT2D eigenvalue weighted by molar-refractivity contribution is 6.31. The van der Waals surface area contributed by atoms with Gasteiger partial charge in [-0.3, -0.25) is 9.59 Å². The van der Waals surface area contributed by atoms with Gasteiger partial charge in [0.1, 0.15) is 5.75 Å². The molecule has 0 bridgehead atoms. The molecule has 2 aromatic rings. The first-order chi connectivity index (χ1) is 11.4. The van der Waals surface area contributed by atoms with Gasteiger partial charge in [-0.15, -0.1) is 0 Å². The second-order valence-electron chi connectivity index (χ2n) is 5.81. The maximum Gasteiger partial charge on any atom is 0.266 e. The summed E-state index contributed by atoms with van der Waals surface area (Å²) in [6, 6.07) is 10.8. The molecule has 1 aliphatic heterocycles. The molecule has 0 aliphatic carbocycles. The summed E-state index contributed by atoms with van der Waals surface area (Å²) in [7, 11) is 0. The summed E-state index contributed by atoms with van der Waals surface area (Å²) in [5.41, 5.74) is 3.16. The third kappa shape index (κ3) is 3.51. The Kier molecular flexibility index (Phi) is 4.44. The Morgan fingerprint density at radius 3 is 2.83 bits per heavy atom. The van der Waals surface area contributed by atoms with Crippen LogP contribution in [-0.2, 0) is 9.59 Å². The maximum atomic E-state index is 12.2. The Morgan fingerprint density at radius 2 is 2.04 bits per heavy atom. The van der Waals surface area contributed by atoms with Crippen LogP contribution in [0.5, 0.6) is 5.75 Å². The second kappa shape index (κ2) is 6.53. The van der Waals surface area contributed by atoms with Gasteiger partial charge in [-0.25, -0.2) is 0 Å². The molecule has 1 aliphatic rings. The van der Waals surface area contributed by atoms with E-state index >= 15 is 0 Å². The van der Waals surface area contributed by atoms with E-state index in [-0.39, 0.29) is 18.2 Å². The lowest BCUT2D eigenvalue weighted by atomic mass is 10.1. The number of hydrogen-bond donors (Lipinski definition) is 2. The Morgan fingerprint density at radius 1 is 1.25 bits per heavy atom. The minimum Gasteiger partial charge on any atom is -0.478 e. The molecule has 1 heterocycles. The van der Waals surface area contributed by atoms with Crippen molar-refractivity contribution in [2.45, 2.75) is 26.4 Å². The molecule has 0 aromatic heterocycles. The fraction of sp³-hybridized carbons (Fsp3) is 0.222. The van der Waals surface area contributed by atoms with Crippen LogP contribution in [0.4, 0.5) is 11.4 Å². The summed E-state index contributed by atoms with van der Waals surface area (Å²) >= 11 is 5.94. The van der Waals surface area contributed by atoms with E-state index in [1.54, 1.807) is 18.2 Å². The summed E-state index contributed by atoms with van der Waals surface area (Å²) in [4.78, 5) is 24.4. The van der Waals surface area contributed by atoms with Crippen molar-refractivity contribution >= 4 is 34.8 Å². The van der Waals surface area contributed by atoms with E-state index in [9.17, 15) is 9.59 Å². The van der Waals surface area contributed by atoms with Crippen LogP contribution in [0.25, 0.3) is 0 Å². The fourth-order valence-electron chi connectivity index (χ4n) is 2.50. The normalized spacial score (nSPS) is 16.0. The van der Waals surface area contributed by atoms with Crippen molar-refractivity contribution < 1.29 is 14.3 Å². The van der Waals surface area contributed by atoms with Crippen LogP contribution in [0.3, 0.4) is 0 Å². The maximum absolute atomic E-state index is 12.2. The van der Waals surface area contributed by atoms with E-state index in [2.05, 4.69) is 10.6 Å². The van der Waals surface area contributed by atoms with Gasteiger partial charge in [0.2, 0.25) is 5.91 Å². The summed E-state index contributed by atoms with van der Waals surface area (Å²) in [5, 5.41) is 6.08. The zero-order chi connectivity index (χ0) is 17.3. The van der Waals surface area contributed by atoms with Crippen LogP contribution in [0, 0.1) is 13.8 Å². The van der Waals surface area contributed by atoms with Gasteiger partial charge < -0.3 is 15.4 Å². The molecule has 1 atom stereocenters. The number of aryl methyl sites for hydroxylation is 2. The summed E-state index contributed by atoms with van der Waals surface area (Å²) in [5.74, 6) is -0.0703. The van der Waals surface area contributed by atoms with E-state index in [1.807, 2.05) is 32.0 Å². The predicted molar refractivity (Wildman–Crippen MR) is 93.7 cm³/mol. The number of carbonyl (C=O) groups is 2. The number of carbonyl (C=O) groups excluding carboxylic acids is 2. The lowest BCUT2D eigenvalue weighted by Crippen LogP contribution is -2.39. The Labute approximate surface area is 145 Å². The number of benzene rings is 2. The van der Waals surface area contributed by atoms with Crippen molar-refractivity contribution in [2.24, 2.45) is 0 Å². The van der Waals surface area contributed by atoms with Crippen molar-refractivity contribution in [2.75, 3.05) is 10.6 Å². The molecular weight excluding hydrogens is 328 g/mol. The van der Waals surface area contributed by atoms with E-state index in [0.717, 1.165) is 11.1 Å². The number of nitrogens with one attached hydrogen (secondary N) is 2. The van der Waals surface area contributed by atoms with Crippen molar-refractivity contribution in [1.82, 2.24) is 0 Å². The van der Waals surface area contributed by atoms with Gasteiger partial charge in [-0.1, -0.05) is 23.7 Å². The molecule has 0 unspecified atom stereocenters. The van der Waals surface area contributed by atoms with Crippen LogP contribution in [-0.4, -0.2) is 17.9 Å². The summed E-state index contributed by atoms with van der Waals surface area (Å²) < 4.78 is 5.66. The quantitative estimate of drug-likeness (QED) is 0.892. The molecule has 2 N–H and O–H groups in total. The van der Waals surface area contributed by atoms with Crippen molar-refractivity contribution in [3.05, 3.63) is 52.5 Å². The number of anilines is 2. The lowest BCUT2D eigenvalue weighted by molar-refractivity contribution is -0.128. The second-order valence-corrected chi connectivity index (χ2v) is 6.24. The first-order valence-electron chi connectivity index (χ1n) is 7.56. The summed E-state index contributed by atoms with van der Waals surface area (Å²) in [6.07, 6.45) is -0.940. The van der Waals surface area contributed by atoms with Crippen molar-refractivity contribution in [3.8, 4) is 5.75 Å². The SMILES string of the molecule is Cc1ccc2c(c1)NC(=O)[C@@H](CC(=O)Nc1cc(Cl)ccc1C)O2. The minimum absolute atomic E-state index is 0.0783. The number of fused-ring (bicyclic) bond motifs is 1. The zero-order valence-electron chi connectivity index (χ0n) is 13.4. The number of ether oxygens (including phenoxy) is 1. The molecule has 0 saturated heterocycles. The van der Waals surface area contributed by atoms with Gasteiger partial charge in [0.25, 0.3) is 5.91 Å². The molecule has 0 saturated carbocycles. The first kappa shape index (κ1) is 16.3. The van der Waals surface area contributed by atoms with Crippen LogP contribution in [0.2, 0.25) is 5.02 Å². The molecule has 2 amide bonds. The van der Waals surface area contributed by atoms with E-state index in [4.69, 9.17) is 16.3 Å². The van der Waals surface area contributed by atoms with Crippen molar-refractivity contribution in [3.63, 3.8) is 0 Å². The first-order valence-corrected chi connectivity index (χ1v) is 7.94. The van der Waals surface area contributed by atoms with Gasteiger partial charge in [0.15, 0.2) is 6.10 Å². The van der Waals surface area contributed by atoms with Gasteiger partial charge in [0.05, 0.1) is 12.1 Å². The average Bonchev–Trinajstić information content (AvgIpc) is 2.52. The molecule has 5 nitrogen and oxygen atoms in total. The molecule has 24 heavy (non-hydrogen) atoms. The van der Waals surface area contributed by atoms with Gasteiger partial charge in [-0.2, -0.15) is 0 Å². The number of hydrogen-bond acceptors (Lipinski definition) is 3. The highest BCUT2D eigenvalue weighted by Gasteiger charge is 2.29. The minimum atomic E-state index is -0.861. The fourth-order valence-corrected chi connectivity index (χ4v) is 2.67. The van der Waals surface area contributed by atoms with Crippen LogP contribution in [0.1, 0.15) is 17.5 Å². The lowest BCUT2D eigenvalue weighted by Gasteiger charge is -2.25. The zero-order valence-corrected chi connectivity index (χ0v) is 14.1. The highest BCUT2D eigenvalue weighted by atomic mass is 35.5. The van der Waals surface area contributed by atoms with Crippen LogP contribution < -0.4 is 15.4 Å². The standard InChI is InChI=1S/C18H17ClN2O3/c1-10-3-6-15-14(7-10)21-18(23)16(24-15)9-17(22)20-13-8-12(19)5-4-11(13)2/h3-8,16H,9H2,1-2H3,(H,20,22)(H,21,23)/t16-/m1/s1. The topological polar surface area (TPSA) is 67.4 Å². The summed E-state index contributed by atoms with van der Waals surface area (Å²) in [6.45, 7) is 3.80. The Hall–Kier alpha value is -2.53. The Balaban J connectivity index is 1.69. The average molecular weight is 345 g/mol. The number of amides is 2. The highest BCUT2D eigenvalue weighted by Crippen LogP contribution is 2.31. The van der Waals surface area contributed by atoms with Crippen LogP contribution in [0.15, 0.2) is 36.4 Å². The third-order valence-corrected chi connectivity index (χ3v) is 4.03. The van der Waals surface area contributed by atoms with Gasteiger partial charge in [0, 0.05) is 10.7 Å². The van der Waals surface area contributed by atoms with Gasteiger partial charge >= 0.3 is 0 Å². The molecule has 0 fully saturated rings. The molecule has 2 aromatic carbocycles. The Bertz CT molecular complexity index is 820. The largest absolute Gasteiger partial charge is 0.478 e. The number of halogens is 1. The molecule has 0 radical (unpaired) electrons. The molecule has 6 heteroatoms. The predicted octanol–water partition coefficient (Wildman–Crippen LogP) is 3.69. The number of rotatable bonds is 3. The molecule has 124 valence electrons. The molecular formula is C18H17ClN2O3. The third-order valence-electron chi connectivity index (χ3n) is 3.80. The van der Waals surface area contributed by atoms with E-state index in [0.29, 0.717) is 22.1 Å². The van der Waals surface area contributed by atoms with E-state index in [1.165, 1.54) is 0 Å². The van der Waals surface area contributed by atoms with E-state index < -0.39 is 6.10 Å². The van der Waals surface area contributed by atoms with Crippen molar-refractivity contribution in [1.29, 1.82) is 0 Å². The monoisotopic (exact) mass is 344 g/mol. The molecule has 3 rings (SSSR count). The van der Waals surface area contributed by atoms with Gasteiger partial charge in [-0.05, 0) is 49.2 Å². The molecule has 0 spiro atoms.